The molecule has 6 N–H and O–H groups in total. The van der Waals surface area contributed by atoms with Crippen molar-refractivity contribution in [3.05, 3.63) is 22.9 Å². The highest BCUT2D eigenvalue weighted by Crippen LogP contribution is 2.37. The first-order chi connectivity index (χ1) is 10.4. The summed E-state index contributed by atoms with van der Waals surface area (Å²) in [5.74, 6) is -0.214. The third-order valence-electron chi connectivity index (χ3n) is 3.77. The standard InChI is InChI=1S/C11H15N5O6/c12-8-13-9-15(1-2-16(9)10(21)14-8)7-5(19)6(20)11(3-17,4-18)22-7/h1-2,5-7,17-20H,3-4H2,(H2,12,14,21)/t5-,6+,7-/m1/s1. The minimum absolute atomic E-state index is 0.0421. The van der Waals surface area contributed by atoms with Gasteiger partial charge in [0, 0.05) is 12.4 Å². The number of ether oxygens (including phenoxy) is 1. The van der Waals surface area contributed by atoms with E-state index in [1.54, 1.807) is 0 Å². The van der Waals surface area contributed by atoms with Crippen molar-refractivity contribution in [2.75, 3.05) is 18.9 Å². The van der Waals surface area contributed by atoms with Crippen LogP contribution in [0, 0.1) is 0 Å². The highest BCUT2D eigenvalue weighted by atomic mass is 16.6. The average molecular weight is 313 g/mol. The minimum atomic E-state index is -1.72. The van der Waals surface area contributed by atoms with Gasteiger partial charge in [0.15, 0.2) is 6.23 Å². The maximum atomic E-state index is 11.7. The Morgan fingerprint density at radius 2 is 1.95 bits per heavy atom. The summed E-state index contributed by atoms with van der Waals surface area (Å²) in [6.45, 7) is -1.40. The molecule has 0 saturated carbocycles. The maximum absolute atomic E-state index is 11.7. The number of aliphatic hydroxyl groups is 4. The van der Waals surface area contributed by atoms with Crippen LogP contribution in [0.1, 0.15) is 6.23 Å². The molecule has 11 heteroatoms. The van der Waals surface area contributed by atoms with Gasteiger partial charge >= 0.3 is 5.69 Å². The van der Waals surface area contributed by atoms with Crippen molar-refractivity contribution in [3.63, 3.8) is 0 Å². The molecule has 0 aliphatic carbocycles. The van der Waals surface area contributed by atoms with E-state index >= 15 is 0 Å². The molecule has 0 bridgehead atoms. The van der Waals surface area contributed by atoms with Crippen molar-refractivity contribution in [1.29, 1.82) is 0 Å². The number of nitrogens with two attached hydrogens (primary N) is 1. The Morgan fingerprint density at radius 1 is 1.27 bits per heavy atom. The third-order valence-corrected chi connectivity index (χ3v) is 3.77. The van der Waals surface area contributed by atoms with E-state index in [0.717, 1.165) is 4.40 Å². The Balaban J connectivity index is 2.11. The van der Waals surface area contributed by atoms with Gasteiger partial charge in [-0.05, 0) is 0 Å². The summed E-state index contributed by atoms with van der Waals surface area (Å²) in [7, 11) is 0. The van der Waals surface area contributed by atoms with Crippen molar-refractivity contribution < 1.29 is 25.2 Å². The van der Waals surface area contributed by atoms with Crippen LogP contribution in [0.15, 0.2) is 17.2 Å². The molecule has 0 unspecified atom stereocenters. The zero-order valence-corrected chi connectivity index (χ0v) is 11.3. The summed E-state index contributed by atoms with van der Waals surface area (Å²) in [4.78, 5) is 19.1. The quantitative estimate of drug-likeness (QED) is 0.385. The van der Waals surface area contributed by atoms with Gasteiger partial charge in [-0.15, -0.1) is 0 Å². The number of anilines is 1. The lowest BCUT2D eigenvalue weighted by molar-refractivity contribution is -0.149. The zero-order chi connectivity index (χ0) is 16.1. The van der Waals surface area contributed by atoms with Crippen molar-refractivity contribution in [2.24, 2.45) is 0 Å². The molecule has 0 spiro atoms. The fraction of sp³-hybridized carbons (Fsp3) is 0.545. The summed E-state index contributed by atoms with van der Waals surface area (Å²) in [5, 5.41) is 38.9. The number of imidazole rings is 1. The molecule has 1 aliphatic rings. The van der Waals surface area contributed by atoms with Crippen LogP contribution in [0.4, 0.5) is 5.95 Å². The predicted octanol–water partition coefficient (Wildman–Crippen LogP) is -3.55. The van der Waals surface area contributed by atoms with Crippen LogP contribution in [0.2, 0.25) is 0 Å². The van der Waals surface area contributed by atoms with Crippen molar-refractivity contribution in [2.45, 2.75) is 24.0 Å². The zero-order valence-electron chi connectivity index (χ0n) is 11.3. The van der Waals surface area contributed by atoms with Gasteiger partial charge in [-0.2, -0.15) is 9.97 Å². The van der Waals surface area contributed by atoms with E-state index in [4.69, 9.17) is 10.5 Å². The lowest BCUT2D eigenvalue weighted by Crippen LogP contribution is -2.49. The van der Waals surface area contributed by atoms with Gasteiger partial charge in [0.25, 0.3) is 0 Å². The second-order valence-electron chi connectivity index (χ2n) is 5.06. The molecule has 22 heavy (non-hydrogen) atoms. The third kappa shape index (κ3) is 1.91. The summed E-state index contributed by atoms with van der Waals surface area (Å²) in [5.41, 5.74) is 3.06. The topological polar surface area (TPSA) is 168 Å². The van der Waals surface area contributed by atoms with Crippen LogP contribution in [0.3, 0.4) is 0 Å². The first-order valence-electron chi connectivity index (χ1n) is 6.42. The van der Waals surface area contributed by atoms with Crippen LogP contribution in [-0.2, 0) is 4.74 Å². The minimum Gasteiger partial charge on any atom is -0.393 e. The molecular formula is C11H15N5O6. The molecule has 3 rings (SSSR count). The smallest absolute Gasteiger partial charge is 0.357 e. The highest BCUT2D eigenvalue weighted by Gasteiger charge is 2.54. The van der Waals surface area contributed by atoms with Crippen LogP contribution < -0.4 is 11.4 Å². The molecule has 0 radical (unpaired) electrons. The molecular weight excluding hydrogens is 298 g/mol. The Morgan fingerprint density at radius 3 is 2.55 bits per heavy atom. The SMILES string of the molecule is Nc1nc(=O)n2ccn([C@@H]3OC(CO)(CO)[C@@H](O)[C@H]3O)c2n1. The van der Waals surface area contributed by atoms with Gasteiger partial charge in [0.2, 0.25) is 11.7 Å². The van der Waals surface area contributed by atoms with E-state index in [9.17, 15) is 25.2 Å². The molecule has 1 fully saturated rings. The second-order valence-corrected chi connectivity index (χ2v) is 5.06. The lowest BCUT2D eigenvalue weighted by atomic mass is 9.97. The number of fused-ring (bicyclic) bond motifs is 1. The number of aromatic nitrogens is 4. The van der Waals surface area contributed by atoms with Crippen LogP contribution >= 0.6 is 0 Å². The number of hydrogen-bond acceptors (Lipinski definition) is 9. The van der Waals surface area contributed by atoms with E-state index in [1.165, 1.54) is 17.0 Å². The number of rotatable bonds is 3. The molecule has 2 aromatic rings. The summed E-state index contributed by atoms with van der Waals surface area (Å²) >= 11 is 0. The largest absolute Gasteiger partial charge is 0.393 e. The van der Waals surface area contributed by atoms with E-state index in [1.807, 2.05) is 0 Å². The van der Waals surface area contributed by atoms with Gasteiger partial charge in [0.05, 0.1) is 13.2 Å². The van der Waals surface area contributed by atoms with E-state index < -0.39 is 42.9 Å². The molecule has 3 heterocycles. The van der Waals surface area contributed by atoms with Crippen molar-refractivity contribution in [1.82, 2.24) is 18.9 Å². The molecule has 2 aromatic heterocycles. The monoisotopic (exact) mass is 313 g/mol. The average Bonchev–Trinajstić information content (AvgIpc) is 3.01. The molecule has 1 aliphatic heterocycles. The molecule has 0 amide bonds. The lowest BCUT2D eigenvalue weighted by Gasteiger charge is -2.27. The summed E-state index contributed by atoms with van der Waals surface area (Å²) in [6.07, 6.45) is -1.43. The van der Waals surface area contributed by atoms with Crippen molar-refractivity contribution >= 4 is 11.7 Å². The predicted molar refractivity (Wildman–Crippen MR) is 70.7 cm³/mol. The molecule has 11 nitrogen and oxygen atoms in total. The van der Waals surface area contributed by atoms with E-state index in [0.29, 0.717) is 0 Å². The van der Waals surface area contributed by atoms with Crippen LogP contribution in [-0.4, -0.2) is 70.4 Å². The van der Waals surface area contributed by atoms with Gasteiger partial charge in [-0.3, -0.25) is 4.57 Å². The number of hydrogen-bond donors (Lipinski definition) is 5. The Bertz CT molecular complexity index is 753. The molecule has 1 saturated heterocycles. The van der Waals surface area contributed by atoms with Gasteiger partial charge in [0.1, 0.15) is 17.8 Å². The Labute approximate surface area is 122 Å². The van der Waals surface area contributed by atoms with Gasteiger partial charge in [-0.1, -0.05) is 0 Å². The van der Waals surface area contributed by atoms with E-state index in [-0.39, 0.29) is 11.7 Å². The fourth-order valence-electron chi connectivity index (χ4n) is 2.52. The molecule has 0 aromatic carbocycles. The van der Waals surface area contributed by atoms with Gasteiger partial charge < -0.3 is 30.9 Å². The first kappa shape index (κ1) is 14.9. The molecule has 120 valence electrons. The normalized spacial score (nSPS) is 27.5. The van der Waals surface area contributed by atoms with Crippen LogP contribution in [0.5, 0.6) is 0 Å². The van der Waals surface area contributed by atoms with Crippen LogP contribution in [0.25, 0.3) is 5.78 Å². The van der Waals surface area contributed by atoms with Crippen molar-refractivity contribution in [3.8, 4) is 0 Å². The molecule has 3 atom stereocenters. The van der Waals surface area contributed by atoms with E-state index in [2.05, 4.69) is 9.97 Å². The fourth-order valence-corrected chi connectivity index (χ4v) is 2.52. The summed E-state index contributed by atoms with van der Waals surface area (Å²) < 4.78 is 7.79. The second kappa shape index (κ2) is 5.00. The van der Waals surface area contributed by atoms with Gasteiger partial charge in [-0.25, -0.2) is 9.20 Å². The summed E-state index contributed by atoms with van der Waals surface area (Å²) in [6, 6.07) is 0. The first-order valence-corrected chi connectivity index (χ1v) is 6.42. The Kier molecular flexibility index (Phi) is 3.38. The maximum Gasteiger partial charge on any atom is 0.357 e. The number of aliphatic hydroxyl groups excluding tert-OH is 4. The number of nitrogens with zero attached hydrogens (tertiary/aromatic N) is 4. The highest BCUT2D eigenvalue weighted by molar-refractivity contribution is 5.35. The Hall–Kier alpha value is -2.05. The number of nitrogen functional groups attached to an aromatic ring is 1.